The van der Waals surface area contributed by atoms with Crippen molar-refractivity contribution >= 4 is 17.2 Å². The number of carbonyl (C=O) groups is 1. The first-order chi connectivity index (χ1) is 16.4. The summed E-state index contributed by atoms with van der Waals surface area (Å²) in [5, 5.41) is 7.44. The number of fused-ring (bicyclic) bond motifs is 1. The van der Waals surface area contributed by atoms with Crippen molar-refractivity contribution in [1.29, 1.82) is 0 Å². The second-order valence-electron chi connectivity index (χ2n) is 7.93. The number of para-hydroxylation sites is 2. The molecule has 2 aromatic heterocycles. The number of nitrogens with one attached hydrogen (secondary N) is 1. The molecule has 2 aromatic carbocycles. The average Bonchev–Trinajstić information content (AvgIpc) is 3.30. The summed E-state index contributed by atoms with van der Waals surface area (Å²) in [6, 6.07) is 16.7. The molecular weight excluding hydrogens is 432 g/mol. The third kappa shape index (κ3) is 4.52. The first-order valence-electron chi connectivity index (χ1n) is 11.2. The zero-order valence-electron chi connectivity index (χ0n) is 19.8. The third-order valence-electron chi connectivity index (χ3n) is 5.87. The standard InChI is InChI=1S/C26H28N4O4/c1-5-34-23-9-7-6-8-21(23)27-24(31)15-14-20-17(2)29(3)25-16-22(28-30(25)26(20)32)18-10-12-19(33-4)13-11-18/h6-13,16H,5,14-15H2,1-4H3,(H,27,31). The highest BCUT2D eigenvalue weighted by atomic mass is 16.5. The number of ether oxygens (including phenoxy) is 2. The summed E-state index contributed by atoms with van der Waals surface area (Å²) in [6.45, 7) is 4.28. The fourth-order valence-corrected chi connectivity index (χ4v) is 3.91. The molecule has 1 amide bonds. The Morgan fingerprint density at radius 2 is 1.85 bits per heavy atom. The molecule has 4 aromatic rings. The van der Waals surface area contributed by atoms with Gasteiger partial charge in [0.15, 0.2) is 0 Å². The Bertz CT molecular complexity index is 1390. The SMILES string of the molecule is CCOc1ccccc1NC(=O)CCc1c(C)n(C)c2cc(-c3ccc(OC)cc3)nn2c1=O. The number of anilines is 1. The number of aryl methyl sites for hydroxylation is 1. The van der Waals surface area contributed by atoms with Crippen LogP contribution in [0.1, 0.15) is 24.6 Å². The molecule has 0 saturated heterocycles. The molecule has 0 bridgehead atoms. The van der Waals surface area contributed by atoms with Crippen molar-refractivity contribution < 1.29 is 14.3 Å². The highest BCUT2D eigenvalue weighted by molar-refractivity contribution is 5.92. The van der Waals surface area contributed by atoms with Crippen molar-refractivity contribution in [3.05, 3.63) is 76.2 Å². The van der Waals surface area contributed by atoms with E-state index in [9.17, 15) is 9.59 Å². The van der Waals surface area contributed by atoms with Gasteiger partial charge in [-0.1, -0.05) is 12.1 Å². The van der Waals surface area contributed by atoms with Crippen molar-refractivity contribution in [2.24, 2.45) is 7.05 Å². The van der Waals surface area contributed by atoms with Crippen molar-refractivity contribution in [2.75, 3.05) is 19.0 Å². The van der Waals surface area contributed by atoms with Gasteiger partial charge in [-0.15, -0.1) is 0 Å². The monoisotopic (exact) mass is 460 g/mol. The number of hydrogen-bond donors (Lipinski definition) is 1. The van der Waals surface area contributed by atoms with Gasteiger partial charge in [0.25, 0.3) is 5.56 Å². The summed E-state index contributed by atoms with van der Waals surface area (Å²) in [7, 11) is 3.51. The van der Waals surface area contributed by atoms with Crippen LogP contribution in [0.25, 0.3) is 16.9 Å². The lowest BCUT2D eigenvalue weighted by atomic mass is 10.1. The van der Waals surface area contributed by atoms with Gasteiger partial charge in [-0.05, 0) is 56.7 Å². The van der Waals surface area contributed by atoms with Crippen LogP contribution in [-0.2, 0) is 18.3 Å². The predicted octanol–water partition coefficient (Wildman–Crippen LogP) is 3.99. The lowest BCUT2D eigenvalue weighted by Gasteiger charge is -2.13. The Hall–Kier alpha value is -4.07. The smallest absolute Gasteiger partial charge is 0.277 e. The number of hydrogen-bond acceptors (Lipinski definition) is 5. The number of aromatic nitrogens is 3. The maximum atomic E-state index is 13.3. The molecule has 0 aliphatic rings. The van der Waals surface area contributed by atoms with Gasteiger partial charge in [0, 0.05) is 36.4 Å². The number of carbonyl (C=O) groups excluding carboxylic acids is 1. The summed E-state index contributed by atoms with van der Waals surface area (Å²) in [6.07, 6.45) is 0.462. The summed E-state index contributed by atoms with van der Waals surface area (Å²) < 4.78 is 14.1. The Labute approximate surface area is 197 Å². The minimum Gasteiger partial charge on any atom is -0.497 e. The highest BCUT2D eigenvalue weighted by Gasteiger charge is 2.17. The highest BCUT2D eigenvalue weighted by Crippen LogP contribution is 2.25. The lowest BCUT2D eigenvalue weighted by Crippen LogP contribution is -2.26. The van der Waals surface area contributed by atoms with Crippen LogP contribution in [0.2, 0.25) is 0 Å². The van der Waals surface area contributed by atoms with Gasteiger partial charge >= 0.3 is 0 Å². The largest absolute Gasteiger partial charge is 0.497 e. The summed E-state index contributed by atoms with van der Waals surface area (Å²) in [4.78, 5) is 25.9. The van der Waals surface area contributed by atoms with E-state index < -0.39 is 0 Å². The van der Waals surface area contributed by atoms with Crippen LogP contribution in [0.15, 0.2) is 59.4 Å². The molecular formula is C26H28N4O4. The number of benzene rings is 2. The Morgan fingerprint density at radius 3 is 2.56 bits per heavy atom. The topological polar surface area (TPSA) is 86.9 Å². The molecule has 0 saturated carbocycles. The molecule has 0 unspecified atom stereocenters. The van der Waals surface area contributed by atoms with E-state index in [1.165, 1.54) is 4.52 Å². The van der Waals surface area contributed by atoms with Crippen molar-refractivity contribution in [3.8, 4) is 22.8 Å². The fraction of sp³-hybridized carbons (Fsp3) is 0.269. The van der Waals surface area contributed by atoms with E-state index in [0.29, 0.717) is 41.4 Å². The van der Waals surface area contributed by atoms with E-state index in [0.717, 1.165) is 17.0 Å². The molecule has 0 spiro atoms. The Balaban J connectivity index is 1.58. The second-order valence-corrected chi connectivity index (χ2v) is 7.93. The minimum absolute atomic E-state index is 0.161. The van der Waals surface area contributed by atoms with Gasteiger partial charge in [0.05, 0.1) is 25.1 Å². The Kier molecular flexibility index (Phi) is 6.67. The van der Waals surface area contributed by atoms with Gasteiger partial charge < -0.3 is 19.4 Å². The summed E-state index contributed by atoms with van der Waals surface area (Å²) in [5.41, 5.74) is 4.03. The predicted molar refractivity (Wildman–Crippen MR) is 132 cm³/mol. The van der Waals surface area contributed by atoms with E-state index in [1.807, 2.05) is 74.0 Å². The van der Waals surface area contributed by atoms with E-state index in [2.05, 4.69) is 10.4 Å². The van der Waals surface area contributed by atoms with Gasteiger partial charge in [0.1, 0.15) is 17.1 Å². The maximum absolute atomic E-state index is 13.3. The maximum Gasteiger partial charge on any atom is 0.277 e. The van der Waals surface area contributed by atoms with E-state index in [4.69, 9.17) is 9.47 Å². The second kappa shape index (κ2) is 9.82. The Morgan fingerprint density at radius 1 is 1.12 bits per heavy atom. The van der Waals surface area contributed by atoms with Gasteiger partial charge in [-0.25, -0.2) is 0 Å². The van der Waals surface area contributed by atoms with E-state index >= 15 is 0 Å². The quantitative estimate of drug-likeness (QED) is 0.430. The van der Waals surface area contributed by atoms with Crippen LogP contribution in [-0.4, -0.2) is 33.8 Å². The summed E-state index contributed by atoms with van der Waals surface area (Å²) in [5.74, 6) is 1.19. The molecule has 0 fully saturated rings. The van der Waals surface area contributed by atoms with Crippen molar-refractivity contribution in [3.63, 3.8) is 0 Å². The molecule has 0 aliphatic carbocycles. The molecule has 4 rings (SSSR count). The van der Waals surface area contributed by atoms with Crippen LogP contribution < -0.4 is 20.3 Å². The number of rotatable bonds is 8. The van der Waals surface area contributed by atoms with Crippen LogP contribution >= 0.6 is 0 Å². The van der Waals surface area contributed by atoms with Gasteiger partial charge in [0.2, 0.25) is 5.91 Å². The lowest BCUT2D eigenvalue weighted by molar-refractivity contribution is -0.116. The minimum atomic E-state index is -0.215. The number of nitrogens with zero attached hydrogens (tertiary/aromatic N) is 3. The molecule has 1 N–H and O–H groups in total. The van der Waals surface area contributed by atoms with E-state index in [1.54, 1.807) is 13.2 Å². The molecule has 0 radical (unpaired) electrons. The van der Waals surface area contributed by atoms with Crippen LogP contribution in [0, 0.1) is 6.92 Å². The molecule has 34 heavy (non-hydrogen) atoms. The first kappa shape index (κ1) is 23.1. The molecule has 0 aliphatic heterocycles. The normalized spacial score (nSPS) is 10.9. The first-order valence-corrected chi connectivity index (χ1v) is 11.2. The van der Waals surface area contributed by atoms with Crippen LogP contribution in [0.4, 0.5) is 5.69 Å². The molecule has 8 nitrogen and oxygen atoms in total. The average molecular weight is 461 g/mol. The van der Waals surface area contributed by atoms with E-state index in [-0.39, 0.29) is 17.9 Å². The van der Waals surface area contributed by atoms with Crippen molar-refractivity contribution in [2.45, 2.75) is 26.7 Å². The van der Waals surface area contributed by atoms with Crippen molar-refractivity contribution in [1.82, 2.24) is 14.2 Å². The zero-order chi connectivity index (χ0) is 24.2. The fourth-order valence-electron chi connectivity index (χ4n) is 3.91. The molecule has 0 atom stereocenters. The zero-order valence-corrected chi connectivity index (χ0v) is 19.8. The summed E-state index contributed by atoms with van der Waals surface area (Å²) >= 11 is 0. The third-order valence-corrected chi connectivity index (χ3v) is 5.87. The van der Waals surface area contributed by atoms with Gasteiger partial charge in [-0.3, -0.25) is 9.59 Å². The van der Waals surface area contributed by atoms with Crippen LogP contribution in [0.3, 0.4) is 0 Å². The van der Waals surface area contributed by atoms with Crippen LogP contribution in [0.5, 0.6) is 11.5 Å². The van der Waals surface area contributed by atoms with Gasteiger partial charge in [-0.2, -0.15) is 9.61 Å². The number of amides is 1. The number of methoxy groups -OCH3 is 1. The molecule has 176 valence electrons. The molecule has 8 heteroatoms. The molecule has 2 heterocycles.